The van der Waals surface area contributed by atoms with E-state index in [0.29, 0.717) is 15.9 Å². The summed E-state index contributed by atoms with van der Waals surface area (Å²) in [7, 11) is 0. The van der Waals surface area contributed by atoms with Crippen LogP contribution in [0.4, 0.5) is 13.2 Å². The molecular formula is C13H7F3N4OS. The first-order valence-corrected chi connectivity index (χ1v) is 6.81. The van der Waals surface area contributed by atoms with E-state index in [-0.39, 0.29) is 10.7 Å². The third kappa shape index (κ3) is 2.89. The van der Waals surface area contributed by atoms with Crippen molar-refractivity contribution in [1.29, 1.82) is 0 Å². The molecule has 0 bridgehead atoms. The molecular weight excluding hydrogens is 317 g/mol. The molecule has 3 aromatic heterocycles. The number of nitrogens with zero attached hydrogens (tertiary/aromatic N) is 4. The van der Waals surface area contributed by atoms with Gasteiger partial charge in [0.15, 0.2) is 0 Å². The van der Waals surface area contributed by atoms with Crippen molar-refractivity contribution in [3.05, 3.63) is 57.2 Å². The van der Waals surface area contributed by atoms with Crippen LogP contribution in [-0.4, -0.2) is 19.6 Å². The van der Waals surface area contributed by atoms with E-state index in [1.807, 2.05) is 0 Å². The maximum absolute atomic E-state index is 12.6. The molecule has 0 atom stereocenters. The van der Waals surface area contributed by atoms with Crippen LogP contribution in [0.3, 0.4) is 0 Å². The average Bonchev–Trinajstić information content (AvgIpc) is 2.91. The molecule has 22 heavy (non-hydrogen) atoms. The Labute approximate surface area is 125 Å². The number of alkyl halides is 3. The molecule has 0 fully saturated rings. The van der Waals surface area contributed by atoms with Gasteiger partial charge in [0.1, 0.15) is 0 Å². The van der Waals surface area contributed by atoms with E-state index in [9.17, 15) is 18.0 Å². The van der Waals surface area contributed by atoms with Gasteiger partial charge >= 0.3 is 6.18 Å². The second kappa shape index (κ2) is 5.34. The standard InChI is InChI=1S/C13H7F3N4OS/c14-13(15,16)11-19-20-10(21)6-9(18-12(20)22-11)4-3-8-2-1-5-17-7-8/h1-7H. The molecule has 3 heterocycles. The molecule has 0 radical (unpaired) electrons. The van der Waals surface area contributed by atoms with Crippen molar-refractivity contribution in [2.24, 2.45) is 0 Å². The molecule has 0 saturated heterocycles. The van der Waals surface area contributed by atoms with Gasteiger partial charge in [0.25, 0.3) is 5.56 Å². The van der Waals surface area contributed by atoms with Crippen LogP contribution in [0.5, 0.6) is 0 Å². The van der Waals surface area contributed by atoms with Gasteiger partial charge in [0.2, 0.25) is 9.97 Å². The smallest absolute Gasteiger partial charge is 0.267 e. The highest BCUT2D eigenvalue weighted by Crippen LogP contribution is 2.31. The average molecular weight is 324 g/mol. The Morgan fingerprint density at radius 3 is 2.77 bits per heavy atom. The van der Waals surface area contributed by atoms with Gasteiger partial charge in [-0.15, -0.1) is 5.10 Å². The van der Waals surface area contributed by atoms with Crippen LogP contribution in [0.25, 0.3) is 17.1 Å². The SMILES string of the molecule is O=c1cc(C=Cc2cccnc2)nc2sc(C(F)(F)F)nn12. The van der Waals surface area contributed by atoms with Gasteiger partial charge in [0.05, 0.1) is 5.69 Å². The van der Waals surface area contributed by atoms with Crippen LogP contribution in [0.15, 0.2) is 35.4 Å². The lowest BCUT2D eigenvalue weighted by molar-refractivity contribution is -0.138. The van der Waals surface area contributed by atoms with E-state index in [2.05, 4.69) is 15.1 Å². The summed E-state index contributed by atoms with van der Waals surface area (Å²) in [4.78, 5) is 19.6. The third-order valence-corrected chi connectivity index (χ3v) is 3.59. The number of hydrogen-bond acceptors (Lipinski definition) is 5. The van der Waals surface area contributed by atoms with E-state index < -0.39 is 16.7 Å². The Hall–Kier alpha value is -2.55. The minimum atomic E-state index is -4.60. The summed E-state index contributed by atoms with van der Waals surface area (Å²) in [6.45, 7) is 0. The summed E-state index contributed by atoms with van der Waals surface area (Å²) in [5, 5.41) is 2.14. The zero-order valence-corrected chi connectivity index (χ0v) is 11.6. The largest absolute Gasteiger partial charge is 0.445 e. The predicted octanol–water partition coefficient (Wildman–Crippen LogP) is 2.74. The molecule has 0 unspecified atom stereocenters. The highest BCUT2D eigenvalue weighted by Gasteiger charge is 2.36. The van der Waals surface area contributed by atoms with Crippen LogP contribution >= 0.6 is 11.3 Å². The molecule has 9 heteroatoms. The molecule has 0 aliphatic rings. The van der Waals surface area contributed by atoms with Gasteiger partial charge in [-0.05, 0) is 17.7 Å². The van der Waals surface area contributed by atoms with Gasteiger partial charge in [0, 0.05) is 18.5 Å². The van der Waals surface area contributed by atoms with Crippen molar-refractivity contribution in [3.8, 4) is 0 Å². The lowest BCUT2D eigenvalue weighted by Crippen LogP contribution is -2.15. The molecule has 0 aromatic carbocycles. The molecule has 3 rings (SSSR count). The Morgan fingerprint density at radius 1 is 1.27 bits per heavy atom. The Morgan fingerprint density at radius 2 is 2.09 bits per heavy atom. The molecule has 0 N–H and O–H groups in total. The summed E-state index contributed by atoms with van der Waals surface area (Å²) < 4.78 is 38.5. The lowest BCUT2D eigenvalue weighted by atomic mass is 10.2. The first-order chi connectivity index (χ1) is 10.4. The van der Waals surface area contributed by atoms with E-state index in [0.717, 1.165) is 11.6 Å². The van der Waals surface area contributed by atoms with Crippen LogP contribution in [0.2, 0.25) is 0 Å². The van der Waals surface area contributed by atoms with Crippen LogP contribution in [0.1, 0.15) is 16.3 Å². The van der Waals surface area contributed by atoms with Crippen molar-refractivity contribution >= 4 is 28.4 Å². The van der Waals surface area contributed by atoms with Gasteiger partial charge in [-0.3, -0.25) is 9.78 Å². The minimum Gasteiger partial charge on any atom is -0.267 e. The van der Waals surface area contributed by atoms with Crippen molar-refractivity contribution in [2.45, 2.75) is 6.18 Å². The number of fused-ring (bicyclic) bond motifs is 1. The summed E-state index contributed by atoms with van der Waals surface area (Å²) in [6, 6.07) is 4.66. The number of aromatic nitrogens is 4. The highest BCUT2D eigenvalue weighted by molar-refractivity contribution is 7.16. The van der Waals surface area contributed by atoms with Crippen molar-refractivity contribution < 1.29 is 13.2 Å². The Balaban J connectivity index is 2.02. The molecule has 112 valence electrons. The second-order valence-electron chi connectivity index (χ2n) is 4.24. The molecule has 0 aliphatic carbocycles. The summed E-state index contributed by atoms with van der Waals surface area (Å²) in [5.74, 6) is 0. The molecule has 0 amide bonds. The summed E-state index contributed by atoms with van der Waals surface area (Å²) >= 11 is 0.324. The van der Waals surface area contributed by atoms with E-state index in [4.69, 9.17) is 0 Å². The molecule has 3 aromatic rings. The number of hydrogen-bond donors (Lipinski definition) is 0. The zero-order valence-electron chi connectivity index (χ0n) is 10.8. The van der Waals surface area contributed by atoms with E-state index >= 15 is 0 Å². The number of pyridine rings is 1. The van der Waals surface area contributed by atoms with E-state index in [1.54, 1.807) is 30.6 Å². The molecule has 5 nitrogen and oxygen atoms in total. The topological polar surface area (TPSA) is 60.2 Å². The fourth-order valence-corrected chi connectivity index (χ4v) is 2.46. The van der Waals surface area contributed by atoms with Crippen LogP contribution in [0, 0.1) is 0 Å². The molecule has 0 aliphatic heterocycles. The summed E-state index contributed by atoms with van der Waals surface area (Å²) in [6.07, 6.45) is 1.82. The monoisotopic (exact) mass is 324 g/mol. The maximum Gasteiger partial charge on any atom is 0.445 e. The fraction of sp³-hybridized carbons (Fsp3) is 0.0769. The molecule has 0 spiro atoms. The Kier molecular flexibility index (Phi) is 3.49. The minimum absolute atomic E-state index is 0.106. The van der Waals surface area contributed by atoms with Gasteiger partial charge in [-0.1, -0.05) is 23.5 Å². The van der Waals surface area contributed by atoms with Gasteiger partial charge in [-0.25, -0.2) is 4.98 Å². The summed E-state index contributed by atoms with van der Waals surface area (Å²) in [5.41, 5.74) is 0.374. The van der Waals surface area contributed by atoms with Crippen molar-refractivity contribution in [3.63, 3.8) is 0 Å². The predicted molar refractivity (Wildman–Crippen MR) is 75.3 cm³/mol. The number of halogens is 3. The maximum atomic E-state index is 12.6. The fourth-order valence-electron chi connectivity index (χ4n) is 1.68. The van der Waals surface area contributed by atoms with Gasteiger partial charge < -0.3 is 0 Å². The first-order valence-electron chi connectivity index (χ1n) is 6.00. The zero-order chi connectivity index (χ0) is 15.7. The van der Waals surface area contributed by atoms with Crippen molar-refractivity contribution in [2.75, 3.05) is 0 Å². The highest BCUT2D eigenvalue weighted by atomic mass is 32.1. The Bertz CT molecular complexity index is 899. The first kappa shape index (κ1) is 14.4. The van der Waals surface area contributed by atoms with Gasteiger partial charge in [-0.2, -0.15) is 17.7 Å². The van der Waals surface area contributed by atoms with Crippen LogP contribution in [-0.2, 0) is 6.18 Å². The number of rotatable bonds is 2. The van der Waals surface area contributed by atoms with Crippen molar-refractivity contribution in [1.82, 2.24) is 19.6 Å². The quantitative estimate of drug-likeness (QED) is 0.727. The third-order valence-electron chi connectivity index (χ3n) is 2.64. The van der Waals surface area contributed by atoms with E-state index in [1.165, 1.54) is 6.08 Å². The second-order valence-corrected chi connectivity index (χ2v) is 5.19. The normalized spacial score (nSPS) is 12.3. The van der Waals surface area contributed by atoms with Crippen LogP contribution < -0.4 is 5.56 Å². The lowest BCUT2D eigenvalue weighted by Gasteiger charge is -1.97. The molecule has 0 saturated carbocycles.